The Balaban J connectivity index is 4.69. The lowest BCUT2D eigenvalue weighted by Gasteiger charge is -2.24. The van der Waals surface area contributed by atoms with Crippen LogP contribution >= 0.6 is 0 Å². The Hall–Kier alpha value is -0.620. The predicted octanol–water partition coefficient (Wildman–Crippen LogP) is 0.852. The van der Waals surface area contributed by atoms with Gasteiger partial charge in [0, 0.05) is 6.54 Å². The molecule has 1 unspecified atom stereocenters. The lowest BCUT2D eigenvalue weighted by Crippen LogP contribution is -2.42. The van der Waals surface area contributed by atoms with Gasteiger partial charge in [-0.3, -0.25) is 9.52 Å². The molecule has 0 aliphatic carbocycles. The molecule has 6 heteroatoms. The molecule has 17 heavy (non-hydrogen) atoms. The van der Waals surface area contributed by atoms with E-state index in [1.165, 1.54) is 13.8 Å². The van der Waals surface area contributed by atoms with Gasteiger partial charge >= 0.3 is 0 Å². The maximum atomic E-state index is 11.8. The molecule has 0 heterocycles. The van der Waals surface area contributed by atoms with Crippen LogP contribution in [0.2, 0.25) is 0 Å². The monoisotopic (exact) mass is 264 g/mol. The number of nitrogens with one attached hydrogen (secondary N) is 1. The Labute approximate surface area is 104 Å². The zero-order valence-electron chi connectivity index (χ0n) is 11.3. The van der Waals surface area contributed by atoms with Gasteiger partial charge in [-0.05, 0) is 25.7 Å². The lowest BCUT2D eigenvalue weighted by atomic mass is 9.84. The molecule has 0 bridgehead atoms. The fraction of sp³-hybridized carbons (Fsp3) is 0.909. The molecule has 0 aromatic rings. The fourth-order valence-corrected chi connectivity index (χ4v) is 2.05. The average Bonchev–Trinajstić information content (AvgIpc) is 2.11. The minimum atomic E-state index is -3.56. The van der Waals surface area contributed by atoms with Crippen molar-refractivity contribution in [1.82, 2.24) is 4.72 Å². The number of rotatable bonds is 5. The van der Waals surface area contributed by atoms with Crippen molar-refractivity contribution in [2.45, 2.75) is 46.3 Å². The maximum Gasteiger partial charge on any atom is 0.237 e. The van der Waals surface area contributed by atoms with Gasteiger partial charge in [0.05, 0.1) is 11.2 Å². The highest BCUT2D eigenvalue weighted by atomic mass is 32.2. The normalized spacial score (nSPS) is 14.8. The molecule has 5 nitrogen and oxygen atoms in total. The Morgan fingerprint density at radius 2 is 1.76 bits per heavy atom. The zero-order chi connectivity index (χ0) is 13.9. The number of carbonyl (C=O) groups excluding carboxylic acids is 1. The van der Waals surface area contributed by atoms with Crippen LogP contribution < -0.4 is 10.5 Å². The van der Waals surface area contributed by atoms with Crippen molar-refractivity contribution < 1.29 is 13.2 Å². The van der Waals surface area contributed by atoms with Crippen molar-refractivity contribution in [3.05, 3.63) is 0 Å². The van der Waals surface area contributed by atoms with Crippen molar-refractivity contribution in [1.29, 1.82) is 0 Å². The number of hydrogen-bond donors (Lipinski definition) is 2. The summed E-state index contributed by atoms with van der Waals surface area (Å²) in [6, 6.07) is 0. The molecule has 0 radical (unpaired) electrons. The molecule has 3 N–H and O–H groups in total. The topological polar surface area (TPSA) is 89.3 Å². The van der Waals surface area contributed by atoms with E-state index in [-0.39, 0.29) is 12.0 Å². The van der Waals surface area contributed by atoms with Crippen LogP contribution in [-0.2, 0) is 14.8 Å². The molecule has 0 aromatic carbocycles. The lowest BCUT2D eigenvalue weighted by molar-refractivity contribution is -0.123. The summed E-state index contributed by atoms with van der Waals surface area (Å²) >= 11 is 0. The highest BCUT2D eigenvalue weighted by Crippen LogP contribution is 2.24. The van der Waals surface area contributed by atoms with Crippen LogP contribution in [0.4, 0.5) is 0 Å². The second-order valence-electron chi connectivity index (χ2n) is 5.76. The largest absolute Gasteiger partial charge is 0.330 e. The third kappa shape index (κ3) is 6.02. The molecule has 0 aromatic heterocycles. The first-order valence-electron chi connectivity index (χ1n) is 5.75. The molecule has 1 amide bonds. The van der Waals surface area contributed by atoms with E-state index in [0.29, 0.717) is 6.42 Å². The Bertz CT molecular complexity index is 355. The highest BCUT2D eigenvalue weighted by Gasteiger charge is 2.27. The van der Waals surface area contributed by atoms with Crippen molar-refractivity contribution >= 4 is 15.9 Å². The van der Waals surface area contributed by atoms with Gasteiger partial charge in [-0.1, -0.05) is 20.8 Å². The van der Waals surface area contributed by atoms with Crippen LogP contribution in [0.25, 0.3) is 0 Å². The number of hydrogen-bond acceptors (Lipinski definition) is 4. The molecule has 0 aliphatic heterocycles. The minimum absolute atomic E-state index is 0.0665. The number of carbonyl (C=O) groups is 1. The smallest absolute Gasteiger partial charge is 0.237 e. The Kier molecular flexibility index (Phi) is 5.61. The fourth-order valence-electron chi connectivity index (χ4n) is 1.36. The van der Waals surface area contributed by atoms with E-state index in [0.717, 1.165) is 0 Å². The third-order valence-electron chi connectivity index (χ3n) is 2.38. The van der Waals surface area contributed by atoms with Crippen molar-refractivity contribution in [2.75, 3.05) is 6.54 Å². The molecule has 102 valence electrons. The van der Waals surface area contributed by atoms with Gasteiger partial charge in [0.25, 0.3) is 0 Å². The molecule has 0 spiro atoms. The average molecular weight is 264 g/mol. The van der Waals surface area contributed by atoms with Crippen molar-refractivity contribution in [3.8, 4) is 0 Å². The van der Waals surface area contributed by atoms with Crippen LogP contribution in [0.1, 0.15) is 41.0 Å². The summed E-state index contributed by atoms with van der Waals surface area (Å²) in [6.45, 7) is 9.16. The van der Waals surface area contributed by atoms with E-state index in [1.807, 2.05) is 20.8 Å². The van der Waals surface area contributed by atoms with Gasteiger partial charge in [0.1, 0.15) is 0 Å². The molecular weight excluding hydrogens is 240 g/mol. The van der Waals surface area contributed by atoms with Gasteiger partial charge in [-0.15, -0.1) is 0 Å². The number of nitrogens with two attached hydrogens (primary N) is 1. The molecule has 0 rings (SSSR count). The predicted molar refractivity (Wildman–Crippen MR) is 68.8 cm³/mol. The van der Waals surface area contributed by atoms with Crippen LogP contribution in [0.5, 0.6) is 0 Å². The van der Waals surface area contributed by atoms with E-state index in [2.05, 4.69) is 4.72 Å². The molecule has 0 aliphatic rings. The summed E-state index contributed by atoms with van der Waals surface area (Å²) in [5.41, 5.74) is 5.45. The summed E-state index contributed by atoms with van der Waals surface area (Å²) in [7, 11) is -3.56. The summed E-state index contributed by atoms with van der Waals surface area (Å²) in [6.07, 6.45) is 0.558. The minimum Gasteiger partial charge on any atom is -0.330 e. The highest BCUT2D eigenvalue weighted by molar-refractivity contribution is 7.90. The first-order valence-corrected chi connectivity index (χ1v) is 7.30. The van der Waals surface area contributed by atoms with E-state index >= 15 is 0 Å². The van der Waals surface area contributed by atoms with E-state index < -0.39 is 27.1 Å². The van der Waals surface area contributed by atoms with Crippen LogP contribution in [0.15, 0.2) is 0 Å². The summed E-state index contributed by atoms with van der Waals surface area (Å²) < 4.78 is 25.2. The van der Waals surface area contributed by atoms with Crippen molar-refractivity contribution in [2.24, 2.45) is 17.1 Å². The second-order valence-corrected chi connectivity index (χ2v) is 7.99. The van der Waals surface area contributed by atoms with Gasteiger partial charge < -0.3 is 5.73 Å². The molecule has 0 saturated carbocycles. The van der Waals surface area contributed by atoms with E-state index in [1.54, 1.807) is 0 Å². The Morgan fingerprint density at radius 1 is 1.29 bits per heavy atom. The second kappa shape index (κ2) is 5.82. The quantitative estimate of drug-likeness (QED) is 0.770. The standard InChI is InChI=1S/C11H24N2O3S/c1-8(2)17(15,16)13-10(14)9(7-12)6-11(3,4)5/h8-9H,6-7,12H2,1-5H3,(H,13,14). The summed E-state index contributed by atoms with van der Waals surface area (Å²) in [4.78, 5) is 11.8. The van der Waals surface area contributed by atoms with E-state index in [9.17, 15) is 13.2 Å². The van der Waals surface area contributed by atoms with Crippen LogP contribution in [-0.4, -0.2) is 26.1 Å². The molecular formula is C11H24N2O3S. The zero-order valence-corrected chi connectivity index (χ0v) is 12.1. The summed E-state index contributed by atoms with van der Waals surface area (Å²) in [5, 5.41) is -0.625. The van der Waals surface area contributed by atoms with Crippen LogP contribution in [0.3, 0.4) is 0 Å². The number of sulfonamides is 1. The SMILES string of the molecule is CC(C)S(=O)(=O)NC(=O)C(CN)CC(C)(C)C. The van der Waals surface area contributed by atoms with Crippen molar-refractivity contribution in [3.63, 3.8) is 0 Å². The first kappa shape index (κ1) is 16.4. The number of amides is 1. The third-order valence-corrected chi connectivity index (χ3v) is 4.10. The first-order chi connectivity index (χ1) is 7.49. The van der Waals surface area contributed by atoms with Crippen LogP contribution in [0, 0.1) is 11.3 Å². The molecule has 1 atom stereocenters. The van der Waals surface area contributed by atoms with Gasteiger partial charge in [-0.25, -0.2) is 8.42 Å². The molecule has 0 fully saturated rings. The maximum absolute atomic E-state index is 11.8. The van der Waals surface area contributed by atoms with Gasteiger partial charge in [0.2, 0.25) is 15.9 Å². The summed E-state index contributed by atoms with van der Waals surface area (Å²) in [5.74, 6) is -0.973. The molecule has 0 saturated heterocycles. The van der Waals surface area contributed by atoms with Gasteiger partial charge in [-0.2, -0.15) is 0 Å². The Morgan fingerprint density at radius 3 is 2.06 bits per heavy atom. The van der Waals surface area contributed by atoms with E-state index in [4.69, 9.17) is 5.73 Å². The van der Waals surface area contributed by atoms with Gasteiger partial charge in [0.15, 0.2) is 0 Å².